The van der Waals surface area contributed by atoms with E-state index in [1.54, 1.807) is 0 Å². The van der Waals surface area contributed by atoms with Crippen LogP contribution in [0.2, 0.25) is 0 Å². The van der Waals surface area contributed by atoms with Crippen molar-refractivity contribution in [3.05, 3.63) is 126 Å². The second-order valence-corrected chi connectivity index (χ2v) is 8.03. The molecule has 0 fully saturated rings. The van der Waals surface area contributed by atoms with Gasteiger partial charge in [0.15, 0.2) is 0 Å². The fourth-order valence-corrected chi connectivity index (χ4v) is 3.65. The largest absolute Gasteiger partial charge is 0.385 e. The van der Waals surface area contributed by atoms with Gasteiger partial charge < -0.3 is 16.0 Å². The third-order valence-electron chi connectivity index (χ3n) is 5.50. The van der Waals surface area contributed by atoms with Gasteiger partial charge in [-0.2, -0.15) is 4.98 Å². The number of anilines is 3. The van der Waals surface area contributed by atoms with Crippen LogP contribution in [-0.2, 0) is 13.0 Å². The molecule has 5 aromatic rings. The van der Waals surface area contributed by atoms with E-state index in [0.717, 1.165) is 35.4 Å². The molecule has 3 N–H and O–H groups in total. The molecule has 0 amide bonds. The molecule has 0 radical (unpaired) electrons. The van der Waals surface area contributed by atoms with Gasteiger partial charge in [0.25, 0.3) is 0 Å². The van der Waals surface area contributed by atoms with Crippen LogP contribution >= 0.6 is 0 Å². The molecule has 0 aliphatic carbocycles. The van der Waals surface area contributed by atoms with Crippen molar-refractivity contribution in [1.29, 1.82) is 0 Å². The van der Waals surface area contributed by atoms with Gasteiger partial charge in [0, 0.05) is 31.2 Å². The van der Waals surface area contributed by atoms with Crippen LogP contribution in [0.5, 0.6) is 0 Å². The van der Waals surface area contributed by atoms with Gasteiger partial charge in [0.05, 0.1) is 5.52 Å². The number of aromatic nitrogens is 2. The minimum absolute atomic E-state index is 0.623. The smallest absolute Gasteiger partial charge is 0.225 e. The molecule has 4 aromatic carbocycles. The predicted octanol–water partition coefficient (Wildman–Crippen LogP) is 6.62. The van der Waals surface area contributed by atoms with E-state index in [1.807, 2.05) is 73.8 Å². The first kappa shape index (κ1) is 23.8. The Hall–Kier alpha value is -4.38. The summed E-state index contributed by atoms with van der Waals surface area (Å²) in [6.07, 6.45) is 1.01. The number of hydrogen-bond acceptors (Lipinski definition) is 5. The van der Waals surface area contributed by atoms with E-state index >= 15 is 0 Å². The number of fused-ring (bicyclic) bond motifs is 1. The molecule has 5 rings (SSSR count). The van der Waals surface area contributed by atoms with Crippen LogP contribution in [0.25, 0.3) is 10.9 Å². The topological polar surface area (TPSA) is 61.9 Å². The Bertz CT molecular complexity index is 1260. The Balaban J connectivity index is 0.000000421. The Morgan fingerprint density at radius 1 is 0.600 bits per heavy atom. The lowest BCUT2D eigenvalue weighted by Gasteiger charge is -2.11. The summed E-state index contributed by atoms with van der Waals surface area (Å²) >= 11 is 0. The third-order valence-corrected chi connectivity index (χ3v) is 5.50. The van der Waals surface area contributed by atoms with Crippen LogP contribution in [-0.4, -0.2) is 23.6 Å². The highest BCUT2D eigenvalue weighted by atomic mass is 15.1. The Morgan fingerprint density at radius 2 is 1.23 bits per heavy atom. The van der Waals surface area contributed by atoms with Crippen LogP contribution < -0.4 is 16.0 Å². The lowest BCUT2D eigenvalue weighted by molar-refractivity contribution is 1.02. The summed E-state index contributed by atoms with van der Waals surface area (Å²) in [5.41, 5.74) is 4.58. The Kier molecular flexibility index (Phi) is 8.66. The maximum atomic E-state index is 4.61. The lowest BCUT2D eigenvalue weighted by atomic mass is 10.1. The van der Waals surface area contributed by atoms with Crippen LogP contribution in [0.4, 0.5) is 17.5 Å². The van der Waals surface area contributed by atoms with Crippen molar-refractivity contribution in [2.75, 3.05) is 29.5 Å². The van der Waals surface area contributed by atoms with Gasteiger partial charge in [-0.05, 0) is 41.8 Å². The molecule has 0 spiro atoms. The van der Waals surface area contributed by atoms with Gasteiger partial charge in [-0.15, -0.1) is 0 Å². The summed E-state index contributed by atoms with van der Waals surface area (Å²) in [5, 5.41) is 11.0. The molecule has 0 saturated carbocycles. The van der Waals surface area contributed by atoms with Crippen LogP contribution in [0.15, 0.2) is 115 Å². The first-order chi connectivity index (χ1) is 17.3. The Labute approximate surface area is 207 Å². The molecule has 5 heteroatoms. The standard InChI is InChI=1S/C24H25N5.C6H6/c1-25-23-21-9-5-6-10-22(21)28-24(29-23)27-17-19-11-13-20(14-12-19)26-16-15-18-7-3-2-4-8-18;1-2-4-6-5-3-1/h2-14,26H,15-17H2,1H3,(H2,25,27,28,29);1-6H. The fourth-order valence-electron chi connectivity index (χ4n) is 3.65. The minimum atomic E-state index is 0.623. The number of nitrogens with one attached hydrogen (secondary N) is 3. The average Bonchev–Trinajstić information content (AvgIpc) is 2.94. The normalized spacial score (nSPS) is 10.2. The predicted molar refractivity (Wildman–Crippen MR) is 148 cm³/mol. The quantitative estimate of drug-likeness (QED) is 0.242. The van der Waals surface area contributed by atoms with Gasteiger partial charge in [-0.3, -0.25) is 0 Å². The van der Waals surface area contributed by atoms with Crippen molar-refractivity contribution in [1.82, 2.24) is 9.97 Å². The van der Waals surface area contributed by atoms with Crippen molar-refractivity contribution in [3.8, 4) is 0 Å². The second kappa shape index (κ2) is 12.8. The number of para-hydroxylation sites is 1. The zero-order chi connectivity index (χ0) is 24.1. The van der Waals surface area contributed by atoms with E-state index in [0.29, 0.717) is 12.5 Å². The Morgan fingerprint density at radius 3 is 1.91 bits per heavy atom. The molecular formula is C30H31N5. The first-order valence-electron chi connectivity index (χ1n) is 11.9. The van der Waals surface area contributed by atoms with Crippen molar-refractivity contribution in [2.24, 2.45) is 0 Å². The van der Waals surface area contributed by atoms with E-state index < -0.39 is 0 Å². The monoisotopic (exact) mass is 461 g/mol. The van der Waals surface area contributed by atoms with Gasteiger partial charge in [-0.1, -0.05) is 91.0 Å². The summed E-state index contributed by atoms with van der Waals surface area (Å²) in [4.78, 5) is 9.19. The number of benzene rings is 4. The molecule has 1 aromatic heterocycles. The van der Waals surface area contributed by atoms with E-state index in [4.69, 9.17) is 0 Å². The highest BCUT2D eigenvalue weighted by Gasteiger charge is 2.06. The van der Waals surface area contributed by atoms with Crippen LogP contribution in [0.3, 0.4) is 0 Å². The zero-order valence-corrected chi connectivity index (χ0v) is 20.0. The van der Waals surface area contributed by atoms with Crippen LogP contribution in [0, 0.1) is 0 Å². The summed E-state index contributed by atoms with van der Waals surface area (Å²) in [5.74, 6) is 1.45. The van der Waals surface area contributed by atoms with E-state index in [9.17, 15) is 0 Å². The van der Waals surface area contributed by atoms with Gasteiger partial charge in [-0.25, -0.2) is 4.98 Å². The van der Waals surface area contributed by atoms with Gasteiger partial charge >= 0.3 is 0 Å². The molecule has 1 heterocycles. The highest BCUT2D eigenvalue weighted by Crippen LogP contribution is 2.21. The molecule has 0 saturated heterocycles. The number of hydrogen-bond donors (Lipinski definition) is 3. The zero-order valence-electron chi connectivity index (χ0n) is 20.0. The van der Waals surface area contributed by atoms with Crippen LogP contribution in [0.1, 0.15) is 11.1 Å². The molecule has 0 unspecified atom stereocenters. The SMILES string of the molecule is CNc1nc(NCc2ccc(NCCc3ccccc3)cc2)nc2ccccc12.c1ccccc1. The summed E-state index contributed by atoms with van der Waals surface area (Å²) < 4.78 is 0. The third kappa shape index (κ3) is 7.30. The number of nitrogens with zero attached hydrogens (tertiary/aromatic N) is 2. The molecule has 0 bridgehead atoms. The van der Waals surface area contributed by atoms with E-state index in [2.05, 4.69) is 74.4 Å². The second-order valence-electron chi connectivity index (χ2n) is 8.03. The highest BCUT2D eigenvalue weighted by molar-refractivity contribution is 5.89. The molecule has 0 aliphatic rings. The molecule has 5 nitrogen and oxygen atoms in total. The number of rotatable bonds is 8. The van der Waals surface area contributed by atoms with Crippen molar-refractivity contribution in [3.63, 3.8) is 0 Å². The molecule has 0 aliphatic heterocycles. The molecular weight excluding hydrogens is 430 g/mol. The van der Waals surface area contributed by atoms with E-state index in [1.165, 1.54) is 11.1 Å². The maximum absolute atomic E-state index is 4.61. The lowest BCUT2D eigenvalue weighted by Crippen LogP contribution is -2.07. The van der Waals surface area contributed by atoms with Crippen molar-refractivity contribution >= 4 is 28.4 Å². The molecule has 35 heavy (non-hydrogen) atoms. The maximum Gasteiger partial charge on any atom is 0.225 e. The average molecular weight is 462 g/mol. The summed E-state index contributed by atoms with van der Waals surface area (Å²) in [6.45, 7) is 1.59. The van der Waals surface area contributed by atoms with Gasteiger partial charge in [0.2, 0.25) is 5.95 Å². The molecule has 0 atom stereocenters. The van der Waals surface area contributed by atoms with E-state index in [-0.39, 0.29) is 0 Å². The molecule has 176 valence electrons. The summed E-state index contributed by atoms with van der Waals surface area (Å²) in [7, 11) is 1.88. The van der Waals surface area contributed by atoms with Crippen molar-refractivity contribution < 1.29 is 0 Å². The fraction of sp³-hybridized carbons (Fsp3) is 0.133. The summed E-state index contributed by atoms with van der Waals surface area (Å²) in [6, 6.07) is 39.0. The van der Waals surface area contributed by atoms with Gasteiger partial charge in [0.1, 0.15) is 5.82 Å². The minimum Gasteiger partial charge on any atom is -0.385 e. The first-order valence-corrected chi connectivity index (χ1v) is 11.9. The van der Waals surface area contributed by atoms with Crippen molar-refractivity contribution in [2.45, 2.75) is 13.0 Å².